The van der Waals surface area contributed by atoms with Gasteiger partial charge in [0, 0.05) is 16.1 Å². The van der Waals surface area contributed by atoms with Crippen LogP contribution in [-0.4, -0.2) is 27.8 Å². The van der Waals surface area contributed by atoms with Crippen LogP contribution in [0.25, 0.3) is 11.4 Å². The molecular formula is C20H20ClN3O2. The highest BCUT2D eigenvalue weighted by Crippen LogP contribution is 2.25. The van der Waals surface area contributed by atoms with Crippen molar-refractivity contribution in [2.24, 2.45) is 0 Å². The van der Waals surface area contributed by atoms with Gasteiger partial charge in [-0.25, -0.2) is 0 Å². The van der Waals surface area contributed by atoms with Gasteiger partial charge in [-0.05, 0) is 35.2 Å². The van der Waals surface area contributed by atoms with E-state index >= 15 is 0 Å². The molecule has 2 aromatic carbocycles. The van der Waals surface area contributed by atoms with E-state index in [1.807, 2.05) is 18.2 Å². The summed E-state index contributed by atoms with van der Waals surface area (Å²) < 4.78 is 6.36. The Kier molecular flexibility index (Phi) is 4.83. The van der Waals surface area contributed by atoms with Gasteiger partial charge in [0.2, 0.25) is 0 Å². The van der Waals surface area contributed by atoms with Gasteiger partial charge < -0.3 is 4.74 Å². The van der Waals surface area contributed by atoms with E-state index in [1.165, 1.54) is 11.8 Å². The van der Waals surface area contributed by atoms with Crippen LogP contribution < -0.4 is 4.74 Å². The maximum atomic E-state index is 13.0. The molecule has 0 saturated carbocycles. The van der Waals surface area contributed by atoms with Gasteiger partial charge in [0.05, 0.1) is 7.11 Å². The predicted octanol–water partition coefficient (Wildman–Crippen LogP) is 4.59. The van der Waals surface area contributed by atoms with Crippen molar-refractivity contribution in [2.45, 2.75) is 26.2 Å². The molecule has 1 heterocycles. The first kappa shape index (κ1) is 18.1. The minimum absolute atomic E-state index is 0.0179. The molecular weight excluding hydrogens is 350 g/mol. The zero-order valence-corrected chi connectivity index (χ0v) is 15.9. The predicted molar refractivity (Wildman–Crippen MR) is 102 cm³/mol. The lowest BCUT2D eigenvalue weighted by Gasteiger charge is -2.19. The van der Waals surface area contributed by atoms with Crippen LogP contribution in [0.1, 0.15) is 36.7 Å². The summed E-state index contributed by atoms with van der Waals surface area (Å²) in [7, 11) is 1.46. The highest BCUT2D eigenvalue weighted by Gasteiger charge is 2.21. The van der Waals surface area contributed by atoms with Crippen LogP contribution in [0.4, 0.5) is 0 Å². The minimum atomic E-state index is -0.281. The van der Waals surface area contributed by atoms with E-state index in [4.69, 9.17) is 16.3 Å². The Bertz CT molecular complexity index is 940. The Morgan fingerprint density at radius 2 is 1.81 bits per heavy atom. The second-order valence-corrected chi connectivity index (χ2v) is 7.41. The number of benzene rings is 2. The number of carbonyl (C=O) groups is 1. The molecule has 0 unspecified atom stereocenters. The number of aromatic nitrogens is 3. The molecule has 0 aliphatic heterocycles. The van der Waals surface area contributed by atoms with Gasteiger partial charge >= 0.3 is 6.01 Å². The molecule has 0 aliphatic rings. The molecule has 0 fully saturated rings. The average Bonchev–Trinajstić information content (AvgIpc) is 3.05. The molecule has 0 radical (unpaired) electrons. The van der Waals surface area contributed by atoms with Gasteiger partial charge in [0.15, 0.2) is 5.82 Å². The summed E-state index contributed by atoms with van der Waals surface area (Å²) in [6.07, 6.45) is 0. The number of hydrogen-bond donors (Lipinski definition) is 0. The fourth-order valence-electron chi connectivity index (χ4n) is 2.57. The topological polar surface area (TPSA) is 57.0 Å². The Balaban J connectivity index is 2.03. The standard InChI is InChI=1S/C20H20ClN3O2/c1-20(2,3)15-10-8-13(9-11-15)18(25)24-17(22-19(23-24)26-4)14-6-5-7-16(21)12-14/h5-12H,1-4H3. The molecule has 6 heteroatoms. The fourth-order valence-corrected chi connectivity index (χ4v) is 2.76. The molecule has 0 aliphatic carbocycles. The van der Waals surface area contributed by atoms with Crippen LogP contribution >= 0.6 is 11.6 Å². The van der Waals surface area contributed by atoms with Gasteiger partial charge in [0.25, 0.3) is 5.91 Å². The maximum Gasteiger partial charge on any atom is 0.336 e. The molecule has 0 bridgehead atoms. The number of nitrogens with zero attached hydrogens (tertiary/aromatic N) is 3. The normalized spacial score (nSPS) is 11.4. The number of halogens is 1. The number of methoxy groups -OCH3 is 1. The molecule has 0 saturated heterocycles. The van der Waals surface area contributed by atoms with Crippen molar-refractivity contribution in [1.82, 2.24) is 14.8 Å². The van der Waals surface area contributed by atoms with Crippen LogP contribution in [0.2, 0.25) is 5.02 Å². The molecule has 3 rings (SSSR count). The van der Waals surface area contributed by atoms with Gasteiger partial charge in [-0.1, -0.05) is 56.6 Å². The average molecular weight is 370 g/mol. The molecule has 134 valence electrons. The van der Waals surface area contributed by atoms with E-state index in [0.717, 1.165) is 5.56 Å². The molecule has 0 spiro atoms. The summed E-state index contributed by atoms with van der Waals surface area (Å²) in [5.74, 6) is 0.102. The zero-order valence-electron chi connectivity index (χ0n) is 15.2. The van der Waals surface area contributed by atoms with E-state index in [-0.39, 0.29) is 17.3 Å². The first-order chi connectivity index (χ1) is 12.3. The largest absolute Gasteiger partial charge is 0.466 e. The zero-order chi connectivity index (χ0) is 18.9. The van der Waals surface area contributed by atoms with Crippen molar-refractivity contribution in [3.05, 3.63) is 64.7 Å². The maximum absolute atomic E-state index is 13.0. The second kappa shape index (κ2) is 6.92. The Labute approximate surface area is 157 Å². The SMILES string of the molecule is COc1nc(-c2cccc(Cl)c2)n(C(=O)c2ccc(C(C)(C)C)cc2)n1. The van der Waals surface area contributed by atoms with Crippen LogP contribution in [0.3, 0.4) is 0 Å². The minimum Gasteiger partial charge on any atom is -0.466 e. The van der Waals surface area contributed by atoms with E-state index in [1.54, 1.807) is 30.3 Å². The third kappa shape index (κ3) is 3.63. The summed E-state index contributed by atoms with van der Waals surface area (Å²) in [6, 6.07) is 14.8. The lowest BCUT2D eigenvalue weighted by atomic mass is 9.87. The van der Waals surface area contributed by atoms with Crippen molar-refractivity contribution in [3.63, 3.8) is 0 Å². The Morgan fingerprint density at radius 3 is 2.38 bits per heavy atom. The van der Waals surface area contributed by atoms with E-state index in [2.05, 4.69) is 30.9 Å². The fraction of sp³-hybridized carbons (Fsp3) is 0.250. The van der Waals surface area contributed by atoms with E-state index < -0.39 is 0 Å². The Hall–Kier alpha value is -2.66. The van der Waals surface area contributed by atoms with E-state index in [0.29, 0.717) is 22.0 Å². The number of rotatable bonds is 3. The molecule has 5 nitrogen and oxygen atoms in total. The van der Waals surface area contributed by atoms with Crippen LogP contribution in [0, 0.1) is 0 Å². The molecule has 26 heavy (non-hydrogen) atoms. The highest BCUT2D eigenvalue weighted by atomic mass is 35.5. The van der Waals surface area contributed by atoms with Crippen molar-refractivity contribution in [1.29, 1.82) is 0 Å². The van der Waals surface area contributed by atoms with Crippen LogP contribution in [0.15, 0.2) is 48.5 Å². The van der Waals surface area contributed by atoms with Crippen molar-refractivity contribution in [3.8, 4) is 17.4 Å². The number of hydrogen-bond acceptors (Lipinski definition) is 4. The summed E-state index contributed by atoms with van der Waals surface area (Å²) in [6.45, 7) is 6.39. The highest BCUT2D eigenvalue weighted by molar-refractivity contribution is 6.30. The van der Waals surface area contributed by atoms with Gasteiger partial charge in [-0.15, -0.1) is 5.10 Å². The molecule has 3 aromatic rings. The lowest BCUT2D eigenvalue weighted by molar-refractivity contribution is 0.0945. The Morgan fingerprint density at radius 1 is 1.12 bits per heavy atom. The number of ether oxygens (including phenoxy) is 1. The third-order valence-electron chi connectivity index (χ3n) is 4.04. The molecule has 1 aromatic heterocycles. The lowest BCUT2D eigenvalue weighted by Crippen LogP contribution is -2.16. The van der Waals surface area contributed by atoms with Crippen LogP contribution in [0.5, 0.6) is 6.01 Å². The molecule has 0 N–H and O–H groups in total. The van der Waals surface area contributed by atoms with Gasteiger partial charge in [0.1, 0.15) is 0 Å². The first-order valence-electron chi connectivity index (χ1n) is 8.22. The summed E-state index contributed by atoms with van der Waals surface area (Å²) >= 11 is 6.07. The quantitative estimate of drug-likeness (QED) is 0.677. The molecule has 0 amide bonds. The van der Waals surface area contributed by atoms with Crippen molar-refractivity contribution in [2.75, 3.05) is 7.11 Å². The summed E-state index contributed by atoms with van der Waals surface area (Å²) in [5, 5.41) is 4.73. The summed E-state index contributed by atoms with van der Waals surface area (Å²) in [5.41, 5.74) is 2.38. The van der Waals surface area contributed by atoms with Crippen molar-refractivity contribution >= 4 is 17.5 Å². The summed E-state index contributed by atoms with van der Waals surface area (Å²) in [4.78, 5) is 17.3. The monoisotopic (exact) mass is 369 g/mol. The third-order valence-corrected chi connectivity index (χ3v) is 4.28. The number of carbonyl (C=O) groups excluding carboxylic acids is 1. The van der Waals surface area contributed by atoms with Gasteiger partial charge in [-0.3, -0.25) is 4.79 Å². The smallest absolute Gasteiger partial charge is 0.336 e. The van der Waals surface area contributed by atoms with Crippen molar-refractivity contribution < 1.29 is 9.53 Å². The molecule has 0 atom stereocenters. The van der Waals surface area contributed by atoms with Crippen LogP contribution in [-0.2, 0) is 5.41 Å². The van der Waals surface area contributed by atoms with E-state index in [9.17, 15) is 4.79 Å². The van der Waals surface area contributed by atoms with Gasteiger partial charge in [-0.2, -0.15) is 9.67 Å². The second-order valence-electron chi connectivity index (χ2n) is 6.98. The first-order valence-corrected chi connectivity index (χ1v) is 8.59.